The zero-order valence-electron chi connectivity index (χ0n) is 14.0. The summed E-state index contributed by atoms with van der Waals surface area (Å²) in [7, 11) is 0. The van der Waals surface area contributed by atoms with Crippen molar-refractivity contribution in [2.45, 2.75) is 37.6 Å². The van der Waals surface area contributed by atoms with Gasteiger partial charge in [-0.1, -0.05) is 23.7 Å². The van der Waals surface area contributed by atoms with E-state index < -0.39 is 5.82 Å². The molecule has 1 saturated heterocycles. The van der Waals surface area contributed by atoms with Crippen LogP contribution in [-0.2, 0) is 4.79 Å². The third-order valence-corrected chi connectivity index (χ3v) is 5.10. The smallest absolute Gasteiger partial charge is 0.251 e. The highest BCUT2D eigenvalue weighted by molar-refractivity contribution is 6.30. The largest absolute Gasteiger partial charge is 0.350 e. The molecule has 2 aromatic rings. The minimum atomic E-state index is -0.472. The van der Waals surface area contributed by atoms with E-state index in [1.54, 1.807) is 18.2 Å². The number of hydrogen-bond donors (Lipinski definition) is 2. The molecule has 0 radical (unpaired) electrons. The van der Waals surface area contributed by atoms with Crippen molar-refractivity contribution in [2.75, 3.05) is 0 Å². The molecular formula is C20H18ClFN2O2. The average Bonchev–Trinajstić information content (AvgIpc) is 3.35. The van der Waals surface area contributed by atoms with Gasteiger partial charge in [0.2, 0.25) is 5.91 Å². The van der Waals surface area contributed by atoms with Crippen LogP contribution in [-0.4, -0.2) is 16.9 Å². The van der Waals surface area contributed by atoms with Gasteiger partial charge < -0.3 is 10.3 Å². The third-order valence-electron chi connectivity index (χ3n) is 4.87. The lowest BCUT2D eigenvalue weighted by atomic mass is 9.98. The second-order valence-electron chi connectivity index (χ2n) is 6.85. The summed E-state index contributed by atoms with van der Waals surface area (Å²) in [5.41, 5.74) is 2.05. The summed E-state index contributed by atoms with van der Waals surface area (Å²) in [6.07, 6.45) is 4.95. The van der Waals surface area contributed by atoms with Crippen molar-refractivity contribution in [3.63, 3.8) is 0 Å². The van der Waals surface area contributed by atoms with Crippen LogP contribution < -0.4 is 10.9 Å². The first-order chi connectivity index (χ1) is 12.5. The molecule has 1 aliphatic heterocycles. The number of halogens is 2. The van der Waals surface area contributed by atoms with Gasteiger partial charge >= 0.3 is 0 Å². The zero-order valence-corrected chi connectivity index (χ0v) is 14.8. The Morgan fingerprint density at radius 1 is 1.15 bits per heavy atom. The number of benzene rings is 1. The fourth-order valence-corrected chi connectivity index (χ4v) is 3.51. The maximum absolute atomic E-state index is 14.6. The number of carbonyl (C=O) groups is 1. The Kier molecular flexibility index (Phi) is 4.41. The molecule has 1 saturated carbocycles. The molecule has 26 heavy (non-hydrogen) atoms. The second-order valence-corrected chi connectivity index (χ2v) is 7.28. The number of hydrogen-bond acceptors (Lipinski definition) is 2. The predicted octanol–water partition coefficient (Wildman–Crippen LogP) is 3.76. The lowest BCUT2D eigenvalue weighted by Crippen LogP contribution is -2.24. The number of H-pyrrole nitrogens is 1. The number of pyridine rings is 1. The summed E-state index contributed by atoms with van der Waals surface area (Å²) in [5.74, 6) is -0.165. The van der Waals surface area contributed by atoms with Crippen molar-refractivity contribution in [3.8, 4) is 0 Å². The van der Waals surface area contributed by atoms with Gasteiger partial charge in [-0.25, -0.2) is 4.39 Å². The summed E-state index contributed by atoms with van der Waals surface area (Å²) in [6.45, 7) is 0. The van der Waals surface area contributed by atoms with Crippen LogP contribution in [0.15, 0.2) is 41.2 Å². The molecule has 1 amide bonds. The second kappa shape index (κ2) is 6.72. The first-order valence-corrected chi connectivity index (χ1v) is 9.09. The molecule has 1 aromatic heterocycles. The monoisotopic (exact) mass is 372 g/mol. The van der Waals surface area contributed by atoms with E-state index in [-0.39, 0.29) is 17.5 Å². The van der Waals surface area contributed by atoms with Gasteiger partial charge in [0, 0.05) is 39.9 Å². The van der Waals surface area contributed by atoms with Gasteiger partial charge in [-0.15, -0.1) is 0 Å². The molecule has 6 heteroatoms. The van der Waals surface area contributed by atoms with Gasteiger partial charge in [0.15, 0.2) is 0 Å². The van der Waals surface area contributed by atoms with E-state index in [2.05, 4.69) is 10.3 Å². The molecule has 1 aliphatic carbocycles. The van der Waals surface area contributed by atoms with E-state index >= 15 is 0 Å². The SMILES string of the molecule is O=C1CC[C@H](/C=C(/c2ccc(C3CC3)c(=O)[nH]2)c2ccc(Cl)cc2F)N1. The van der Waals surface area contributed by atoms with Gasteiger partial charge in [-0.2, -0.15) is 0 Å². The molecule has 1 atom stereocenters. The average molecular weight is 373 g/mol. The van der Waals surface area contributed by atoms with Crippen LogP contribution in [0.4, 0.5) is 4.39 Å². The fourth-order valence-electron chi connectivity index (χ4n) is 3.35. The molecule has 4 rings (SSSR count). The van der Waals surface area contributed by atoms with Gasteiger partial charge in [-0.3, -0.25) is 9.59 Å². The summed E-state index contributed by atoms with van der Waals surface area (Å²) in [4.78, 5) is 26.8. The van der Waals surface area contributed by atoms with Gasteiger partial charge in [0.05, 0.1) is 0 Å². The van der Waals surface area contributed by atoms with Crippen LogP contribution in [0.5, 0.6) is 0 Å². The van der Waals surface area contributed by atoms with Crippen molar-refractivity contribution < 1.29 is 9.18 Å². The normalized spacial score (nSPS) is 20.3. The van der Waals surface area contributed by atoms with E-state index in [9.17, 15) is 14.0 Å². The molecule has 2 N–H and O–H groups in total. The van der Waals surface area contributed by atoms with E-state index in [0.717, 1.165) is 18.4 Å². The first kappa shape index (κ1) is 17.0. The van der Waals surface area contributed by atoms with Crippen LogP contribution in [0.25, 0.3) is 5.57 Å². The Bertz CT molecular complexity index is 963. The lowest BCUT2D eigenvalue weighted by molar-refractivity contribution is -0.119. The number of nitrogens with one attached hydrogen (secondary N) is 2. The number of aromatic amines is 1. The molecule has 0 bridgehead atoms. The zero-order chi connectivity index (χ0) is 18.3. The van der Waals surface area contributed by atoms with Crippen molar-refractivity contribution in [2.24, 2.45) is 0 Å². The van der Waals surface area contributed by atoms with E-state index in [4.69, 9.17) is 11.6 Å². The maximum Gasteiger partial charge on any atom is 0.251 e. The Morgan fingerprint density at radius 2 is 1.96 bits per heavy atom. The Morgan fingerprint density at radius 3 is 2.58 bits per heavy atom. The van der Waals surface area contributed by atoms with E-state index in [0.29, 0.717) is 40.6 Å². The van der Waals surface area contributed by atoms with Crippen LogP contribution in [0.3, 0.4) is 0 Å². The number of carbonyl (C=O) groups excluding carboxylic acids is 1. The summed E-state index contributed by atoms with van der Waals surface area (Å²) < 4.78 is 14.6. The van der Waals surface area contributed by atoms with Gasteiger partial charge in [0.1, 0.15) is 5.82 Å². The summed E-state index contributed by atoms with van der Waals surface area (Å²) in [5, 5.41) is 3.16. The molecule has 0 spiro atoms. The third kappa shape index (κ3) is 3.44. The Labute approximate surface area is 155 Å². The molecular weight excluding hydrogens is 355 g/mol. The highest BCUT2D eigenvalue weighted by atomic mass is 35.5. The van der Waals surface area contributed by atoms with Crippen molar-refractivity contribution in [1.82, 2.24) is 10.3 Å². The van der Waals surface area contributed by atoms with Crippen molar-refractivity contribution in [3.05, 3.63) is 74.4 Å². The molecule has 0 unspecified atom stereocenters. The molecule has 2 aliphatic rings. The first-order valence-electron chi connectivity index (χ1n) is 8.71. The van der Waals surface area contributed by atoms with Crippen molar-refractivity contribution in [1.29, 1.82) is 0 Å². The van der Waals surface area contributed by atoms with E-state index in [1.807, 2.05) is 12.1 Å². The number of rotatable bonds is 4. The molecule has 4 nitrogen and oxygen atoms in total. The Balaban J connectivity index is 1.79. The van der Waals surface area contributed by atoms with Crippen molar-refractivity contribution >= 4 is 23.1 Å². The lowest BCUT2D eigenvalue weighted by Gasteiger charge is -2.13. The topological polar surface area (TPSA) is 62.0 Å². The number of amides is 1. The molecule has 1 aromatic carbocycles. The molecule has 134 valence electrons. The molecule has 2 fully saturated rings. The summed E-state index contributed by atoms with van der Waals surface area (Å²) >= 11 is 5.87. The quantitative estimate of drug-likeness (QED) is 0.858. The predicted molar refractivity (Wildman–Crippen MR) is 98.7 cm³/mol. The van der Waals surface area contributed by atoms with Gasteiger partial charge in [-0.05, 0) is 49.4 Å². The minimum Gasteiger partial charge on any atom is -0.350 e. The number of aromatic nitrogens is 1. The van der Waals surface area contributed by atoms with Crippen LogP contribution in [0.2, 0.25) is 5.02 Å². The van der Waals surface area contributed by atoms with Crippen LogP contribution >= 0.6 is 11.6 Å². The van der Waals surface area contributed by atoms with E-state index in [1.165, 1.54) is 6.07 Å². The molecule has 2 heterocycles. The fraction of sp³-hybridized carbons (Fsp3) is 0.300. The Hall–Kier alpha value is -2.40. The van der Waals surface area contributed by atoms with Gasteiger partial charge in [0.25, 0.3) is 5.56 Å². The minimum absolute atomic E-state index is 0.0280. The van der Waals surface area contributed by atoms with Crippen LogP contribution in [0.1, 0.15) is 48.4 Å². The highest BCUT2D eigenvalue weighted by Crippen LogP contribution is 2.38. The summed E-state index contributed by atoms with van der Waals surface area (Å²) in [6, 6.07) is 7.88. The van der Waals surface area contributed by atoms with Crippen LogP contribution in [0, 0.1) is 5.82 Å². The maximum atomic E-state index is 14.6. The standard InChI is InChI=1S/C20H18ClFN2O2/c21-12-3-5-15(17(22)9-12)16(10-13-4-8-19(25)23-13)18-7-6-14(11-1-2-11)20(26)24-18/h3,5-7,9-11,13H,1-2,4,8H2,(H,23,25)(H,24,26)/b16-10+/t13-/m1/s1. The highest BCUT2D eigenvalue weighted by Gasteiger charge is 2.27.